The van der Waals surface area contributed by atoms with Crippen molar-refractivity contribution in [3.63, 3.8) is 0 Å². The second kappa shape index (κ2) is 8.74. The highest BCUT2D eigenvalue weighted by molar-refractivity contribution is 5.78. The van der Waals surface area contributed by atoms with Crippen LogP contribution in [0.15, 0.2) is 60.9 Å². The van der Waals surface area contributed by atoms with Gasteiger partial charge in [-0.2, -0.15) is 0 Å². The second-order valence-electron chi connectivity index (χ2n) is 6.65. The number of ether oxygens (including phenoxy) is 1. The predicted molar refractivity (Wildman–Crippen MR) is 105 cm³/mol. The van der Waals surface area contributed by atoms with Gasteiger partial charge in [0, 0.05) is 18.9 Å². The quantitative estimate of drug-likeness (QED) is 0.718. The van der Waals surface area contributed by atoms with Gasteiger partial charge in [0.05, 0.1) is 25.3 Å². The maximum Gasteiger partial charge on any atom is 0.228 e. The fraction of sp³-hybridized carbons (Fsp3) is 0.238. The first kappa shape index (κ1) is 18.9. The Morgan fingerprint density at radius 3 is 2.72 bits per heavy atom. The molecule has 1 amide bonds. The number of carbonyl (C=O) groups excluding carboxylic acids is 1. The Hall–Kier alpha value is -3.39. The van der Waals surface area contributed by atoms with Crippen molar-refractivity contribution in [3.8, 4) is 0 Å². The number of nitrogens with zero attached hydrogens (tertiary/aromatic N) is 4. The summed E-state index contributed by atoms with van der Waals surface area (Å²) in [5.74, 6) is 0.731. The molecule has 3 heterocycles. The van der Waals surface area contributed by atoms with Crippen molar-refractivity contribution in [2.24, 2.45) is 0 Å². The number of amides is 1. The zero-order valence-corrected chi connectivity index (χ0v) is 15.7. The molecule has 0 spiro atoms. The Kier molecular flexibility index (Phi) is 5.71. The number of halogens is 1. The van der Waals surface area contributed by atoms with E-state index in [4.69, 9.17) is 4.74 Å². The van der Waals surface area contributed by atoms with E-state index in [-0.39, 0.29) is 24.2 Å². The molecule has 1 fully saturated rings. The fourth-order valence-electron chi connectivity index (χ4n) is 3.12. The smallest absolute Gasteiger partial charge is 0.228 e. The molecular weight excluding hydrogens is 373 g/mol. The lowest BCUT2D eigenvalue weighted by molar-refractivity contribution is -0.138. The van der Waals surface area contributed by atoms with Crippen LogP contribution in [0, 0.1) is 5.82 Å². The Bertz CT molecular complexity index is 968. The van der Waals surface area contributed by atoms with Crippen molar-refractivity contribution >= 4 is 17.7 Å². The highest BCUT2D eigenvalue weighted by Crippen LogP contribution is 2.23. The largest absolute Gasteiger partial charge is 0.368 e. The number of carbonyl (C=O) groups is 1. The van der Waals surface area contributed by atoms with Gasteiger partial charge in [-0.15, -0.1) is 0 Å². The summed E-state index contributed by atoms with van der Waals surface area (Å²) in [6.45, 7) is 1.37. The molecule has 0 saturated carbocycles. The van der Waals surface area contributed by atoms with Crippen LogP contribution in [0.1, 0.15) is 17.4 Å². The molecule has 3 aromatic rings. The summed E-state index contributed by atoms with van der Waals surface area (Å²) in [4.78, 5) is 27.3. The third-order valence-corrected chi connectivity index (χ3v) is 4.59. The summed E-state index contributed by atoms with van der Waals surface area (Å²) in [7, 11) is 0. The van der Waals surface area contributed by atoms with E-state index in [9.17, 15) is 9.18 Å². The van der Waals surface area contributed by atoms with E-state index in [0.717, 1.165) is 11.3 Å². The van der Waals surface area contributed by atoms with Crippen molar-refractivity contribution in [1.82, 2.24) is 19.9 Å². The minimum atomic E-state index is -0.320. The number of pyridine rings is 1. The van der Waals surface area contributed by atoms with Gasteiger partial charge in [-0.3, -0.25) is 4.79 Å². The van der Waals surface area contributed by atoms with Crippen molar-refractivity contribution in [2.75, 3.05) is 25.0 Å². The van der Waals surface area contributed by atoms with Crippen molar-refractivity contribution in [3.05, 3.63) is 78.0 Å². The van der Waals surface area contributed by atoms with Gasteiger partial charge in [-0.05, 0) is 35.9 Å². The molecule has 29 heavy (non-hydrogen) atoms. The summed E-state index contributed by atoms with van der Waals surface area (Å²) in [5.41, 5.74) is 1.51. The monoisotopic (exact) mass is 393 g/mol. The normalized spacial score (nSPS) is 16.4. The van der Waals surface area contributed by atoms with Crippen molar-refractivity contribution in [1.29, 1.82) is 0 Å². The first-order valence-electron chi connectivity index (χ1n) is 9.32. The molecule has 1 aliphatic heterocycles. The standard InChI is InChI=1S/C21H20FN5O2/c22-16-7-5-15(6-8-16)13-20(28)27-11-12-29-18(14-27)17-3-1-4-19(25-17)26-21-23-9-2-10-24-21/h1-10,18H,11-14H2,(H,23,24,25,26)/t18-/m0/s1. The van der Waals surface area contributed by atoms with E-state index < -0.39 is 0 Å². The molecule has 2 aromatic heterocycles. The highest BCUT2D eigenvalue weighted by Gasteiger charge is 2.26. The molecule has 1 aromatic carbocycles. The molecule has 4 rings (SSSR count). The predicted octanol–water partition coefficient (Wildman–Crippen LogP) is 2.90. The van der Waals surface area contributed by atoms with Crippen LogP contribution >= 0.6 is 0 Å². The average molecular weight is 393 g/mol. The zero-order valence-electron chi connectivity index (χ0n) is 15.7. The third kappa shape index (κ3) is 4.91. The number of hydrogen-bond donors (Lipinski definition) is 1. The van der Waals surface area contributed by atoms with Crippen LogP contribution in [0.4, 0.5) is 16.2 Å². The Morgan fingerprint density at radius 2 is 1.93 bits per heavy atom. The summed E-state index contributed by atoms with van der Waals surface area (Å²) in [6, 6.07) is 13.3. The maximum absolute atomic E-state index is 13.1. The zero-order chi connectivity index (χ0) is 20.1. The number of hydrogen-bond acceptors (Lipinski definition) is 6. The summed E-state index contributed by atoms with van der Waals surface area (Å²) < 4.78 is 18.9. The number of nitrogens with one attached hydrogen (secondary N) is 1. The fourth-order valence-corrected chi connectivity index (χ4v) is 3.12. The third-order valence-electron chi connectivity index (χ3n) is 4.59. The number of rotatable bonds is 5. The minimum Gasteiger partial charge on any atom is -0.368 e. The minimum absolute atomic E-state index is 0.0168. The SMILES string of the molecule is O=C(Cc1ccc(F)cc1)N1CCO[C@H](c2cccc(Nc3ncccn3)n2)C1. The first-order chi connectivity index (χ1) is 14.2. The summed E-state index contributed by atoms with van der Waals surface area (Å²) in [6.07, 6.45) is 3.20. The molecule has 148 valence electrons. The van der Waals surface area contributed by atoms with Gasteiger partial charge in [0.15, 0.2) is 0 Å². The molecule has 0 unspecified atom stereocenters. The molecule has 8 heteroatoms. The van der Waals surface area contributed by atoms with Crippen LogP contribution in [0.5, 0.6) is 0 Å². The van der Waals surface area contributed by atoms with E-state index in [1.807, 2.05) is 18.2 Å². The second-order valence-corrected chi connectivity index (χ2v) is 6.65. The van der Waals surface area contributed by atoms with Gasteiger partial charge in [0.25, 0.3) is 0 Å². The molecule has 0 bridgehead atoms. The van der Waals surface area contributed by atoms with Crippen LogP contribution in [0.25, 0.3) is 0 Å². The highest BCUT2D eigenvalue weighted by atomic mass is 19.1. The Morgan fingerprint density at radius 1 is 1.14 bits per heavy atom. The Balaban J connectivity index is 1.42. The maximum atomic E-state index is 13.1. The number of benzene rings is 1. The van der Waals surface area contributed by atoms with E-state index in [1.54, 1.807) is 35.5 Å². The van der Waals surface area contributed by atoms with E-state index in [0.29, 0.717) is 31.5 Å². The van der Waals surface area contributed by atoms with Crippen LogP contribution in [0.3, 0.4) is 0 Å². The lowest BCUT2D eigenvalue weighted by Crippen LogP contribution is -2.43. The van der Waals surface area contributed by atoms with Gasteiger partial charge < -0.3 is 15.0 Å². The van der Waals surface area contributed by atoms with Gasteiger partial charge in [-0.1, -0.05) is 18.2 Å². The molecule has 7 nitrogen and oxygen atoms in total. The van der Waals surface area contributed by atoms with Crippen LogP contribution in [0.2, 0.25) is 0 Å². The number of anilines is 2. The first-order valence-corrected chi connectivity index (χ1v) is 9.32. The van der Waals surface area contributed by atoms with Crippen LogP contribution in [-0.4, -0.2) is 45.5 Å². The molecule has 1 atom stereocenters. The average Bonchev–Trinajstić information content (AvgIpc) is 2.76. The van der Waals surface area contributed by atoms with E-state index in [1.165, 1.54) is 12.1 Å². The number of morpholine rings is 1. The van der Waals surface area contributed by atoms with Crippen LogP contribution in [-0.2, 0) is 16.0 Å². The van der Waals surface area contributed by atoms with Crippen molar-refractivity contribution < 1.29 is 13.9 Å². The van der Waals surface area contributed by atoms with Crippen LogP contribution < -0.4 is 5.32 Å². The molecule has 1 saturated heterocycles. The summed E-state index contributed by atoms with van der Waals surface area (Å²) >= 11 is 0. The van der Waals surface area contributed by atoms with Gasteiger partial charge in [0.2, 0.25) is 11.9 Å². The summed E-state index contributed by atoms with van der Waals surface area (Å²) in [5, 5.41) is 3.05. The topological polar surface area (TPSA) is 80.2 Å². The molecule has 0 aliphatic carbocycles. The molecular formula is C21H20FN5O2. The molecule has 0 radical (unpaired) electrons. The molecule has 1 N–H and O–H groups in total. The lowest BCUT2D eigenvalue weighted by atomic mass is 10.1. The van der Waals surface area contributed by atoms with E-state index in [2.05, 4.69) is 20.3 Å². The van der Waals surface area contributed by atoms with Crippen molar-refractivity contribution in [2.45, 2.75) is 12.5 Å². The van der Waals surface area contributed by atoms with Gasteiger partial charge >= 0.3 is 0 Å². The molecule has 1 aliphatic rings. The number of aromatic nitrogens is 3. The van der Waals surface area contributed by atoms with Gasteiger partial charge in [0.1, 0.15) is 17.7 Å². The lowest BCUT2D eigenvalue weighted by Gasteiger charge is -2.33. The Labute approximate surface area is 167 Å². The van der Waals surface area contributed by atoms with Gasteiger partial charge in [-0.25, -0.2) is 19.3 Å². The van der Waals surface area contributed by atoms with E-state index >= 15 is 0 Å².